The third-order valence-corrected chi connectivity index (χ3v) is 8.84. The Morgan fingerprint density at radius 2 is 0.574 bits per heavy atom. The van der Waals surface area contributed by atoms with Crippen LogP contribution in [-0.4, -0.2) is 152 Å². The molecule has 0 aromatic carbocycles. The molecule has 0 aliphatic heterocycles. The number of rotatable bonds is 30. The molecule has 0 aromatic rings. The Bertz CT molecular complexity index is 774. The molecule has 0 amide bonds. The molecule has 18 heteroatoms. The van der Waals surface area contributed by atoms with Gasteiger partial charge < -0.3 is 63.8 Å². The maximum absolute atomic E-state index is 4.62. The van der Waals surface area contributed by atoms with E-state index in [-0.39, 0.29) is 133 Å². The summed E-state index contributed by atoms with van der Waals surface area (Å²) in [6.45, 7) is 59.3. The molecule has 0 saturated carbocycles. The summed E-state index contributed by atoms with van der Waals surface area (Å²) in [6, 6.07) is 1.94. The van der Waals surface area contributed by atoms with E-state index in [1.165, 1.54) is 0 Å². The van der Waals surface area contributed by atoms with E-state index in [0.717, 1.165) is 117 Å². The van der Waals surface area contributed by atoms with E-state index in [0.29, 0.717) is 24.2 Å². The van der Waals surface area contributed by atoms with Crippen molar-refractivity contribution in [2.45, 2.75) is 224 Å². The summed E-state index contributed by atoms with van der Waals surface area (Å²) in [6.07, 6.45) is 4.49. The van der Waals surface area contributed by atoms with Gasteiger partial charge in [-0.1, -0.05) is 178 Å². The molecule has 2 unspecified atom stereocenters. The van der Waals surface area contributed by atoms with Gasteiger partial charge in [-0.2, -0.15) is 106 Å². The van der Waals surface area contributed by atoms with Crippen molar-refractivity contribution in [3.8, 4) is 0 Å². The molecule has 0 aromatic heterocycles. The molecule has 2 atom stereocenters. The average molecular weight is 1190 g/mol. The van der Waals surface area contributed by atoms with E-state index in [9.17, 15) is 0 Å². The number of hydrogen-bond acceptors (Lipinski definition) is 0. The summed E-state index contributed by atoms with van der Waals surface area (Å²) in [5, 5.41) is 51.6. The zero-order valence-electron chi connectivity index (χ0n) is 49.1. The average Bonchev–Trinajstić information content (AvgIpc) is 3.19. The maximum atomic E-state index is 4.62. The van der Waals surface area contributed by atoms with E-state index < -0.39 is 0 Å². The molecule has 68 heavy (non-hydrogen) atoms. The predicted octanol–water partition coefficient (Wildman–Crippen LogP) is 16.1. The first-order valence-electron chi connectivity index (χ1n) is 24.5. The third kappa shape index (κ3) is 114. The minimum absolute atomic E-state index is 0. The van der Waals surface area contributed by atoms with Crippen molar-refractivity contribution in [3.63, 3.8) is 0 Å². The van der Waals surface area contributed by atoms with Crippen molar-refractivity contribution in [2.24, 2.45) is 0 Å². The summed E-state index contributed by atoms with van der Waals surface area (Å²) < 4.78 is 0. The Labute approximate surface area is 500 Å². The van der Waals surface area contributed by atoms with Gasteiger partial charge in [0.1, 0.15) is 0 Å². The van der Waals surface area contributed by atoms with Crippen molar-refractivity contribution in [3.05, 3.63) is 63.8 Å². The summed E-state index contributed by atoms with van der Waals surface area (Å²) in [5.74, 6) is 0. The Balaban J connectivity index is -0.0000000552. The first kappa shape index (κ1) is 100.0. The molecule has 0 spiro atoms. The van der Waals surface area contributed by atoms with E-state index in [1.807, 2.05) is 13.8 Å². The fourth-order valence-electron chi connectivity index (χ4n) is 3.80. The molecule has 0 aliphatic carbocycles. The zero-order chi connectivity index (χ0) is 49.5. The summed E-state index contributed by atoms with van der Waals surface area (Å²) in [7, 11) is 3.59. The normalized spacial score (nSPS) is 11.6. The molecule has 402 valence electrons. The standard InChI is InChI=1S/C12H26N2.2C10H22N2.C8H18N2.C6H14N2.C4H10N2.6V/c1-7-11(3,4)13-9-10-14-12(5,6)8-2;1-9(2,3)11-7-8-12-10(4,5)6;1-5-9(3)11-7-8-12-10(4)6-2;1-7(2)9-5-6-10-8(3)4;1-3-7-5-6-8-4-2;1-5-3-4-6-2;;;;;;/h7-10H2,1-6H3;7-8H2,1-6H3;9-10H,5-8H2,1-4H3;7-8H,5-6H2,1-4H3;3-6H2,1-2H3;3-4H2,1-2H3;;;;;;/q6*-2;6*+2. The molecule has 0 fully saturated rings. The van der Waals surface area contributed by atoms with Crippen molar-refractivity contribution >= 4 is 0 Å². The van der Waals surface area contributed by atoms with Crippen LogP contribution in [0.25, 0.3) is 63.8 Å². The van der Waals surface area contributed by atoms with E-state index in [2.05, 4.69) is 202 Å². The fourth-order valence-corrected chi connectivity index (χ4v) is 3.80. The molecule has 0 N–H and O–H groups in total. The second kappa shape index (κ2) is 70.0. The number of nitrogens with zero attached hydrogens (tertiary/aromatic N) is 12. The smallest absolute Gasteiger partial charge is 0.666 e. The van der Waals surface area contributed by atoms with Crippen LogP contribution < -0.4 is 0 Å². The first-order chi connectivity index (χ1) is 28.7. The van der Waals surface area contributed by atoms with Crippen LogP contribution in [0.3, 0.4) is 0 Å². The predicted molar refractivity (Wildman–Crippen MR) is 290 cm³/mol. The van der Waals surface area contributed by atoms with E-state index in [1.54, 1.807) is 14.1 Å². The number of hydrogen-bond donors (Lipinski definition) is 0. The van der Waals surface area contributed by atoms with Gasteiger partial charge in [0.15, 0.2) is 0 Å². The van der Waals surface area contributed by atoms with Crippen LogP contribution in [0.2, 0.25) is 0 Å². The SMILES string of the molecule is CC(C)(C)[N-]CC[N-]C(C)(C)C.CC(C)[N-]CC[N-]C(C)C.CCC(C)(C)[N-]CC[N-]C(C)(C)CC.CCC(C)[N-]CC[N-]C(C)CC.CC[N-]CC[N-]CC.C[N-]CC[N-]C.[V+2].[V+2].[V+2].[V+2].[V+2].[V+2]. The molecular formula is C50H112N12V6. The minimum atomic E-state index is 0. The first-order valence-corrected chi connectivity index (χ1v) is 24.5. The van der Waals surface area contributed by atoms with Gasteiger partial charge in [0, 0.05) is 0 Å². The van der Waals surface area contributed by atoms with Gasteiger partial charge in [-0.05, 0) is 0 Å². The van der Waals surface area contributed by atoms with Gasteiger partial charge in [-0.3, -0.25) is 0 Å². The van der Waals surface area contributed by atoms with Crippen molar-refractivity contribution in [1.82, 2.24) is 0 Å². The molecule has 12 nitrogen and oxygen atoms in total. The van der Waals surface area contributed by atoms with Crippen LogP contribution in [-0.2, 0) is 111 Å². The van der Waals surface area contributed by atoms with Crippen molar-refractivity contribution in [2.75, 3.05) is 106 Å². The van der Waals surface area contributed by atoms with Crippen LogP contribution in [0.1, 0.15) is 178 Å². The zero-order valence-corrected chi connectivity index (χ0v) is 57.5. The Morgan fingerprint density at radius 3 is 0.765 bits per heavy atom. The van der Waals surface area contributed by atoms with Gasteiger partial charge in [-0.15, -0.1) is 46.3 Å². The molecule has 0 aliphatic rings. The second-order valence-corrected chi connectivity index (χ2v) is 19.1. The fraction of sp³-hybridized carbons (Fsp3) is 1.00. The third-order valence-electron chi connectivity index (χ3n) is 8.84. The summed E-state index contributed by atoms with van der Waals surface area (Å²) in [4.78, 5) is 0. The molecule has 0 bridgehead atoms. The van der Waals surface area contributed by atoms with E-state index in [4.69, 9.17) is 0 Å². The molecule has 6 radical (unpaired) electrons. The van der Waals surface area contributed by atoms with Gasteiger partial charge in [0.05, 0.1) is 0 Å². The summed E-state index contributed by atoms with van der Waals surface area (Å²) in [5.41, 5.74) is 0.443. The molecule has 0 saturated heterocycles. The summed E-state index contributed by atoms with van der Waals surface area (Å²) >= 11 is 0. The molecule has 0 heterocycles. The minimum Gasteiger partial charge on any atom is -0.666 e. The maximum Gasteiger partial charge on any atom is 2.00 e. The van der Waals surface area contributed by atoms with Crippen molar-refractivity contribution in [1.29, 1.82) is 0 Å². The monoisotopic (exact) mass is 1190 g/mol. The second-order valence-electron chi connectivity index (χ2n) is 19.1. The van der Waals surface area contributed by atoms with Crippen molar-refractivity contribution < 1.29 is 111 Å². The van der Waals surface area contributed by atoms with Crippen LogP contribution in [0.5, 0.6) is 0 Å². The topological polar surface area (TPSA) is 169 Å². The van der Waals surface area contributed by atoms with Crippen LogP contribution in [0.15, 0.2) is 0 Å². The van der Waals surface area contributed by atoms with E-state index >= 15 is 0 Å². The Morgan fingerprint density at radius 1 is 0.324 bits per heavy atom. The quantitative estimate of drug-likeness (QED) is 0.0625. The van der Waals surface area contributed by atoms with Gasteiger partial charge in [-0.25, -0.2) is 0 Å². The van der Waals surface area contributed by atoms with Gasteiger partial charge in [0.2, 0.25) is 0 Å². The molecule has 0 rings (SSSR count). The van der Waals surface area contributed by atoms with Crippen LogP contribution in [0.4, 0.5) is 0 Å². The van der Waals surface area contributed by atoms with Gasteiger partial charge >= 0.3 is 111 Å². The number of likely N-dealkylation sites (N-methyl/N-ethyl adjacent to an activating group) is 4. The largest absolute Gasteiger partial charge is 2.00 e. The molecular weight excluding hydrogens is 1070 g/mol. The van der Waals surface area contributed by atoms with Gasteiger partial charge in [0.25, 0.3) is 0 Å². The Hall–Kier alpha value is 3.03. The Kier molecular flexibility index (Phi) is 103. The van der Waals surface area contributed by atoms with Crippen LogP contribution in [0, 0.1) is 0 Å². The van der Waals surface area contributed by atoms with Crippen LogP contribution >= 0.6 is 0 Å².